The molecule has 25 heavy (non-hydrogen) atoms. The molecule has 1 unspecified atom stereocenters. The first-order valence-electron chi connectivity index (χ1n) is 7.55. The van der Waals surface area contributed by atoms with Crippen molar-refractivity contribution in [2.45, 2.75) is 36.6 Å². The number of benzene rings is 1. The van der Waals surface area contributed by atoms with Gasteiger partial charge in [-0.25, -0.2) is 4.79 Å². The van der Waals surface area contributed by atoms with Crippen LogP contribution in [0.15, 0.2) is 34.3 Å². The zero-order chi connectivity index (χ0) is 18.2. The van der Waals surface area contributed by atoms with Crippen molar-refractivity contribution in [1.29, 1.82) is 0 Å². The summed E-state index contributed by atoms with van der Waals surface area (Å²) in [6.07, 6.45) is 1.01. The van der Waals surface area contributed by atoms with Crippen LogP contribution in [-0.2, 0) is 14.4 Å². The van der Waals surface area contributed by atoms with Gasteiger partial charge in [-0.05, 0) is 30.5 Å². The molecule has 1 aromatic carbocycles. The lowest BCUT2D eigenvalue weighted by Crippen LogP contribution is -2.44. The minimum Gasteiger partial charge on any atom is -0.480 e. The first-order valence-corrected chi connectivity index (χ1v) is 9.87. The Hall–Kier alpha value is -2.16. The summed E-state index contributed by atoms with van der Waals surface area (Å²) >= 11 is 0. The molecule has 1 aromatic rings. The summed E-state index contributed by atoms with van der Waals surface area (Å²) in [7, 11) is 3.08. The monoisotopic (exact) mass is 380 g/mol. The second kappa shape index (κ2) is 9.36. The largest absolute Gasteiger partial charge is 0.480 e. The Morgan fingerprint density at radius 2 is 1.92 bits per heavy atom. The van der Waals surface area contributed by atoms with E-state index in [4.69, 9.17) is 5.53 Å². The van der Waals surface area contributed by atoms with Crippen LogP contribution in [-0.4, -0.2) is 39.6 Å². The van der Waals surface area contributed by atoms with Crippen molar-refractivity contribution in [3.63, 3.8) is 0 Å². The summed E-state index contributed by atoms with van der Waals surface area (Å²) < 4.78 is 0. The molecule has 1 aliphatic heterocycles. The van der Waals surface area contributed by atoms with Gasteiger partial charge in [0.2, 0.25) is 11.8 Å². The van der Waals surface area contributed by atoms with Crippen LogP contribution in [0.3, 0.4) is 0 Å². The van der Waals surface area contributed by atoms with Crippen LogP contribution in [0.2, 0.25) is 0 Å². The van der Waals surface area contributed by atoms with E-state index in [1.54, 1.807) is 22.9 Å². The Labute approximate surface area is 152 Å². The first-order chi connectivity index (χ1) is 12.0. The number of carbonyl (C=O) groups is 3. The van der Waals surface area contributed by atoms with E-state index >= 15 is 0 Å². The molecule has 0 spiro atoms. The van der Waals surface area contributed by atoms with Gasteiger partial charge in [-0.2, -0.15) is 0 Å². The average molecular weight is 380 g/mol. The number of aliphatic carboxylic acids is 1. The van der Waals surface area contributed by atoms with Gasteiger partial charge in [-0.1, -0.05) is 38.8 Å². The van der Waals surface area contributed by atoms with E-state index in [2.05, 4.69) is 10.0 Å². The van der Waals surface area contributed by atoms with Crippen LogP contribution in [0.4, 0.5) is 5.69 Å². The van der Waals surface area contributed by atoms with E-state index in [1.807, 2.05) is 12.1 Å². The third-order valence-electron chi connectivity index (χ3n) is 3.54. The zero-order valence-electron chi connectivity index (χ0n) is 13.2. The predicted octanol–water partition coefficient (Wildman–Crippen LogP) is 3.75. The number of carbonyl (C=O) groups excluding carboxylic acids is 2. The molecule has 0 aliphatic carbocycles. The van der Waals surface area contributed by atoms with Gasteiger partial charge in [0.1, 0.15) is 6.04 Å². The number of rotatable bonds is 9. The molecule has 1 N–H and O–H groups in total. The van der Waals surface area contributed by atoms with E-state index in [0.29, 0.717) is 17.9 Å². The number of imide groups is 1. The fraction of sp³-hybridized carbons (Fsp3) is 0.400. The number of nitrogens with zero attached hydrogens (tertiary/aromatic N) is 4. The molecule has 1 atom stereocenters. The summed E-state index contributed by atoms with van der Waals surface area (Å²) in [5, 5.41) is 12.8. The maximum atomic E-state index is 11.7. The van der Waals surface area contributed by atoms with E-state index in [1.165, 1.54) is 10.8 Å². The SMILES string of the molecule is [N-]=[N+]=Nc1ccc(SSCCCC(C(=O)O)N2C(=O)CCC2=O)cc1. The Balaban J connectivity index is 1.77. The molecule has 2 amide bonds. The highest BCUT2D eigenvalue weighted by Gasteiger charge is 2.38. The van der Waals surface area contributed by atoms with Crippen LogP contribution in [0.25, 0.3) is 10.4 Å². The Kier molecular flexibility index (Phi) is 7.17. The van der Waals surface area contributed by atoms with Crippen molar-refractivity contribution in [3.8, 4) is 0 Å². The minimum atomic E-state index is -1.14. The molecule has 10 heteroatoms. The molecule has 132 valence electrons. The molecule has 0 aromatic heterocycles. The number of likely N-dealkylation sites (tertiary alicyclic amines) is 1. The maximum Gasteiger partial charge on any atom is 0.326 e. The predicted molar refractivity (Wildman–Crippen MR) is 95.3 cm³/mol. The van der Waals surface area contributed by atoms with Crippen LogP contribution in [0.1, 0.15) is 25.7 Å². The van der Waals surface area contributed by atoms with Crippen LogP contribution in [0, 0.1) is 0 Å². The highest BCUT2D eigenvalue weighted by molar-refractivity contribution is 8.76. The fourth-order valence-corrected chi connectivity index (χ4v) is 4.47. The minimum absolute atomic E-state index is 0.0963. The van der Waals surface area contributed by atoms with Crippen molar-refractivity contribution in [2.75, 3.05) is 5.75 Å². The molecule has 8 nitrogen and oxygen atoms in total. The topological polar surface area (TPSA) is 123 Å². The standard InChI is InChI=1S/C15H16N4O4S2/c16-18-17-10-3-5-11(6-4-10)25-24-9-1-2-12(15(22)23)19-13(20)7-8-14(19)21/h3-6,12H,1-2,7-9H2,(H,22,23). The highest BCUT2D eigenvalue weighted by Crippen LogP contribution is 2.33. The number of hydrogen-bond donors (Lipinski definition) is 1. The van der Waals surface area contributed by atoms with Crippen LogP contribution >= 0.6 is 21.6 Å². The fourth-order valence-electron chi connectivity index (χ4n) is 2.37. The van der Waals surface area contributed by atoms with Gasteiger partial charge < -0.3 is 5.11 Å². The van der Waals surface area contributed by atoms with Crippen molar-refractivity contribution in [3.05, 3.63) is 34.7 Å². The van der Waals surface area contributed by atoms with Gasteiger partial charge in [0.05, 0.1) is 0 Å². The lowest BCUT2D eigenvalue weighted by atomic mass is 10.1. The molecule has 1 heterocycles. The second-order valence-corrected chi connectivity index (χ2v) is 7.73. The maximum absolute atomic E-state index is 11.7. The molecular formula is C15H16N4O4S2. The number of carboxylic acid groups (broad SMARTS) is 1. The second-order valence-electron chi connectivity index (χ2n) is 5.24. The number of hydrogen-bond acceptors (Lipinski definition) is 6. The van der Waals surface area contributed by atoms with Gasteiger partial charge >= 0.3 is 5.97 Å². The molecule has 0 radical (unpaired) electrons. The average Bonchev–Trinajstić information content (AvgIpc) is 2.91. The Bertz CT molecular complexity index is 688. The van der Waals surface area contributed by atoms with Gasteiger partial charge in [-0.15, -0.1) is 0 Å². The van der Waals surface area contributed by atoms with E-state index < -0.39 is 23.8 Å². The lowest BCUT2D eigenvalue weighted by molar-refractivity contribution is -0.154. The van der Waals surface area contributed by atoms with Crippen molar-refractivity contribution >= 4 is 45.1 Å². The number of amides is 2. The van der Waals surface area contributed by atoms with E-state index in [-0.39, 0.29) is 19.3 Å². The first kappa shape index (κ1) is 19.2. The Morgan fingerprint density at radius 1 is 1.28 bits per heavy atom. The normalized spacial score (nSPS) is 15.1. The van der Waals surface area contributed by atoms with Gasteiger partial charge in [0.25, 0.3) is 0 Å². The van der Waals surface area contributed by atoms with Gasteiger partial charge in [0.15, 0.2) is 0 Å². The summed E-state index contributed by atoms with van der Waals surface area (Å²) in [4.78, 5) is 39.3. The Morgan fingerprint density at radius 3 is 2.48 bits per heavy atom. The molecule has 0 bridgehead atoms. The van der Waals surface area contributed by atoms with Gasteiger partial charge in [-0.3, -0.25) is 14.5 Å². The molecular weight excluding hydrogens is 364 g/mol. The van der Waals surface area contributed by atoms with Crippen molar-refractivity contribution in [2.24, 2.45) is 5.11 Å². The smallest absolute Gasteiger partial charge is 0.326 e. The van der Waals surface area contributed by atoms with E-state index in [9.17, 15) is 19.5 Å². The summed E-state index contributed by atoms with van der Waals surface area (Å²) in [5.74, 6) is -1.27. The zero-order valence-corrected chi connectivity index (χ0v) is 14.8. The molecule has 1 aliphatic rings. The highest BCUT2D eigenvalue weighted by atomic mass is 33.1. The molecule has 1 fully saturated rings. The van der Waals surface area contributed by atoms with Crippen molar-refractivity contribution < 1.29 is 19.5 Å². The van der Waals surface area contributed by atoms with Crippen LogP contribution < -0.4 is 0 Å². The summed E-state index contributed by atoms with van der Waals surface area (Å²) in [6.45, 7) is 0. The third-order valence-corrected chi connectivity index (χ3v) is 6.01. The number of carboxylic acids is 1. The van der Waals surface area contributed by atoms with Crippen molar-refractivity contribution in [1.82, 2.24) is 4.90 Å². The lowest BCUT2D eigenvalue weighted by Gasteiger charge is -2.22. The third kappa shape index (κ3) is 5.42. The number of azide groups is 1. The summed E-state index contributed by atoms with van der Waals surface area (Å²) in [5.41, 5.74) is 8.89. The van der Waals surface area contributed by atoms with E-state index in [0.717, 1.165) is 9.80 Å². The van der Waals surface area contributed by atoms with Gasteiger partial charge in [0, 0.05) is 34.1 Å². The molecule has 1 saturated heterocycles. The quantitative estimate of drug-likeness (QED) is 0.174. The van der Waals surface area contributed by atoms with Crippen LogP contribution in [0.5, 0.6) is 0 Å². The summed E-state index contributed by atoms with van der Waals surface area (Å²) in [6, 6.07) is 6.03. The molecule has 2 rings (SSSR count). The molecule has 0 saturated carbocycles.